The van der Waals surface area contributed by atoms with Crippen molar-refractivity contribution in [1.29, 1.82) is 0 Å². The van der Waals surface area contributed by atoms with Crippen molar-refractivity contribution in [2.45, 2.75) is 43.8 Å². The summed E-state index contributed by atoms with van der Waals surface area (Å²) in [6.07, 6.45) is 3.62. The molecule has 26 heavy (non-hydrogen) atoms. The highest BCUT2D eigenvalue weighted by Crippen LogP contribution is 2.44. The Hall–Kier alpha value is -2.12. The minimum atomic E-state index is -0.129. The molecule has 1 amide bonds. The van der Waals surface area contributed by atoms with Gasteiger partial charge in [-0.25, -0.2) is 9.67 Å². The predicted molar refractivity (Wildman–Crippen MR) is 95.9 cm³/mol. The van der Waals surface area contributed by atoms with Gasteiger partial charge in [-0.1, -0.05) is 11.6 Å². The molecule has 0 spiro atoms. The van der Waals surface area contributed by atoms with Crippen molar-refractivity contribution in [3.8, 4) is 11.4 Å². The minimum Gasteiger partial charge on any atom is -0.494 e. The summed E-state index contributed by atoms with van der Waals surface area (Å²) >= 11 is 6.21. The van der Waals surface area contributed by atoms with Crippen molar-refractivity contribution in [1.82, 2.24) is 20.1 Å². The quantitative estimate of drug-likeness (QED) is 0.865. The van der Waals surface area contributed by atoms with E-state index in [1.54, 1.807) is 37.0 Å². The molecule has 2 saturated heterocycles. The number of halogens is 1. The molecular formula is C18H21ClN4O3. The van der Waals surface area contributed by atoms with Gasteiger partial charge in [-0.05, 0) is 37.5 Å². The van der Waals surface area contributed by atoms with Crippen LogP contribution in [0.15, 0.2) is 18.2 Å². The molecule has 0 saturated carbocycles. The zero-order valence-corrected chi connectivity index (χ0v) is 15.5. The molecule has 7 nitrogen and oxygen atoms in total. The van der Waals surface area contributed by atoms with Gasteiger partial charge in [0.25, 0.3) is 0 Å². The number of methoxy groups -OCH3 is 1. The van der Waals surface area contributed by atoms with E-state index in [1.807, 2.05) is 0 Å². The summed E-state index contributed by atoms with van der Waals surface area (Å²) in [4.78, 5) is 16.5. The Labute approximate surface area is 156 Å². The number of nitrogens with one attached hydrogen (secondary N) is 1. The van der Waals surface area contributed by atoms with Gasteiger partial charge in [0.15, 0.2) is 5.82 Å². The average molecular weight is 377 g/mol. The molecule has 4 rings (SSSR count). The number of hydrogen-bond donors (Lipinski definition) is 1. The van der Waals surface area contributed by atoms with Crippen molar-refractivity contribution in [2.75, 3.05) is 14.2 Å². The maximum atomic E-state index is 11.8. The molecule has 8 heteroatoms. The topological polar surface area (TPSA) is 78.3 Å². The van der Waals surface area contributed by atoms with Gasteiger partial charge in [-0.3, -0.25) is 4.79 Å². The second kappa shape index (κ2) is 6.89. The zero-order chi connectivity index (χ0) is 18.3. The predicted octanol–water partition coefficient (Wildman–Crippen LogP) is 2.25. The van der Waals surface area contributed by atoms with Gasteiger partial charge in [-0.2, -0.15) is 5.10 Å². The van der Waals surface area contributed by atoms with Crippen LogP contribution in [0.2, 0.25) is 5.02 Å². The zero-order valence-electron chi connectivity index (χ0n) is 14.7. The molecule has 2 aliphatic heterocycles. The molecule has 0 radical (unpaired) electrons. The van der Waals surface area contributed by atoms with Gasteiger partial charge in [0, 0.05) is 18.0 Å². The summed E-state index contributed by atoms with van der Waals surface area (Å²) in [6, 6.07) is 5.38. The van der Waals surface area contributed by atoms with E-state index in [4.69, 9.17) is 26.1 Å². The van der Waals surface area contributed by atoms with Gasteiger partial charge in [0.1, 0.15) is 17.3 Å². The molecule has 0 aliphatic carbocycles. The molecule has 1 aromatic carbocycles. The first kappa shape index (κ1) is 17.3. The Morgan fingerprint density at radius 3 is 2.96 bits per heavy atom. The van der Waals surface area contributed by atoms with Crippen LogP contribution in [-0.4, -0.2) is 47.0 Å². The van der Waals surface area contributed by atoms with Crippen molar-refractivity contribution in [2.24, 2.45) is 0 Å². The van der Waals surface area contributed by atoms with Crippen LogP contribution in [0.25, 0.3) is 5.69 Å². The first-order valence-corrected chi connectivity index (χ1v) is 9.12. The van der Waals surface area contributed by atoms with Crippen molar-refractivity contribution < 1.29 is 14.3 Å². The molecule has 2 aromatic rings. The van der Waals surface area contributed by atoms with E-state index < -0.39 is 0 Å². The number of carbonyl (C=O) groups excluding carboxylic acids is 1. The normalized spacial score (nSPS) is 24.0. The Morgan fingerprint density at radius 1 is 1.46 bits per heavy atom. The SMILES string of the molecule is CNC(=O)Cc1nc([C@@H]2C[C@@H]3CC[C@H]2O3)n(-c2cc(Cl)ccc2OC)n1. The second-order valence-electron chi connectivity index (χ2n) is 6.68. The number of ether oxygens (including phenoxy) is 2. The summed E-state index contributed by atoms with van der Waals surface area (Å²) < 4.78 is 13.3. The molecule has 2 aliphatic rings. The van der Waals surface area contributed by atoms with Crippen LogP contribution in [0.5, 0.6) is 5.75 Å². The number of hydrogen-bond acceptors (Lipinski definition) is 5. The molecule has 2 bridgehead atoms. The number of likely N-dealkylation sites (N-methyl/N-ethyl adjacent to an activating group) is 1. The minimum absolute atomic E-state index is 0.126. The highest BCUT2D eigenvalue weighted by Gasteiger charge is 2.44. The van der Waals surface area contributed by atoms with E-state index in [0.29, 0.717) is 28.4 Å². The van der Waals surface area contributed by atoms with Crippen molar-refractivity contribution >= 4 is 17.5 Å². The first-order chi connectivity index (χ1) is 12.6. The third-order valence-electron chi connectivity index (χ3n) is 5.08. The van der Waals surface area contributed by atoms with E-state index in [2.05, 4.69) is 10.4 Å². The summed E-state index contributed by atoms with van der Waals surface area (Å²) in [5.41, 5.74) is 0.716. The molecule has 3 atom stereocenters. The van der Waals surface area contributed by atoms with Crippen LogP contribution in [0.4, 0.5) is 0 Å². The van der Waals surface area contributed by atoms with Gasteiger partial charge < -0.3 is 14.8 Å². The molecule has 2 fully saturated rings. The van der Waals surface area contributed by atoms with Crippen LogP contribution in [0.1, 0.15) is 36.8 Å². The number of aromatic nitrogens is 3. The van der Waals surface area contributed by atoms with Crippen LogP contribution < -0.4 is 10.1 Å². The lowest BCUT2D eigenvalue weighted by Crippen LogP contribution is -2.20. The number of benzene rings is 1. The lowest BCUT2D eigenvalue weighted by molar-refractivity contribution is -0.120. The van der Waals surface area contributed by atoms with Crippen LogP contribution in [-0.2, 0) is 16.0 Å². The Morgan fingerprint density at radius 2 is 2.31 bits per heavy atom. The summed E-state index contributed by atoms with van der Waals surface area (Å²) in [6.45, 7) is 0. The van der Waals surface area contributed by atoms with Crippen LogP contribution >= 0.6 is 11.6 Å². The molecule has 1 aromatic heterocycles. The fourth-order valence-electron chi connectivity index (χ4n) is 3.83. The number of rotatable bonds is 5. The molecule has 1 N–H and O–H groups in total. The fourth-order valence-corrected chi connectivity index (χ4v) is 4.00. The van der Waals surface area contributed by atoms with Gasteiger partial charge in [0.05, 0.1) is 25.7 Å². The molecule has 138 valence electrons. The first-order valence-electron chi connectivity index (χ1n) is 8.75. The van der Waals surface area contributed by atoms with Gasteiger partial charge in [-0.15, -0.1) is 0 Å². The van der Waals surface area contributed by atoms with E-state index in [0.717, 1.165) is 25.1 Å². The van der Waals surface area contributed by atoms with E-state index in [9.17, 15) is 4.79 Å². The molecular weight excluding hydrogens is 356 g/mol. The fraction of sp³-hybridized carbons (Fsp3) is 0.500. The standard InChI is InChI=1S/C18H21ClN4O3/c1-20-17(24)9-16-21-18(12-8-11-4-6-14(12)26-11)23(22-16)13-7-10(19)3-5-15(13)25-2/h3,5,7,11-12,14H,4,6,8-9H2,1-2H3,(H,20,24)/t11-,12+,14+/m0/s1. The summed E-state index contributed by atoms with van der Waals surface area (Å²) in [5.74, 6) is 1.95. The number of fused-ring (bicyclic) bond motifs is 2. The Kier molecular flexibility index (Phi) is 4.58. The van der Waals surface area contributed by atoms with Crippen LogP contribution in [0, 0.1) is 0 Å². The summed E-state index contributed by atoms with van der Waals surface area (Å²) in [7, 11) is 3.21. The van der Waals surface area contributed by atoms with E-state index in [1.165, 1.54) is 0 Å². The molecule has 3 heterocycles. The summed E-state index contributed by atoms with van der Waals surface area (Å²) in [5, 5.41) is 7.79. The highest BCUT2D eigenvalue weighted by molar-refractivity contribution is 6.30. The Bertz CT molecular complexity index is 838. The lowest BCUT2D eigenvalue weighted by Gasteiger charge is -2.19. The largest absolute Gasteiger partial charge is 0.494 e. The highest BCUT2D eigenvalue weighted by atomic mass is 35.5. The maximum Gasteiger partial charge on any atom is 0.227 e. The van der Waals surface area contributed by atoms with E-state index >= 15 is 0 Å². The monoisotopic (exact) mass is 376 g/mol. The van der Waals surface area contributed by atoms with Crippen LogP contribution in [0.3, 0.4) is 0 Å². The lowest BCUT2D eigenvalue weighted by atomic mass is 9.88. The smallest absolute Gasteiger partial charge is 0.227 e. The average Bonchev–Trinajstić information content (AvgIpc) is 3.36. The van der Waals surface area contributed by atoms with Gasteiger partial charge >= 0.3 is 0 Å². The van der Waals surface area contributed by atoms with Gasteiger partial charge in [0.2, 0.25) is 5.91 Å². The Balaban J connectivity index is 1.79. The third-order valence-corrected chi connectivity index (χ3v) is 5.32. The molecule has 0 unspecified atom stereocenters. The van der Waals surface area contributed by atoms with Crippen molar-refractivity contribution in [3.63, 3.8) is 0 Å². The number of amides is 1. The van der Waals surface area contributed by atoms with Crippen molar-refractivity contribution in [3.05, 3.63) is 34.9 Å². The number of nitrogens with zero attached hydrogens (tertiary/aromatic N) is 3. The number of carbonyl (C=O) groups is 1. The van der Waals surface area contributed by atoms with E-state index in [-0.39, 0.29) is 24.3 Å². The third kappa shape index (κ3) is 3.05. The second-order valence-corrected chi connectivity index (χ2v) is 7.12. The maximum absolute atomic E-state index is 11.8.